The van der Waals surface area contributed by atoms with Crippen LogP contribution in [0.15, 0.2) is 23.1 Å². The molecular formula is C26H37Cl2N3O3S. The van der Waals surface area contributed by atoms with Gasteiger partial charge in [-0.15, -0.1) is 0 Å². The van der Waals surface area contributed by atoms with Crippen molar-refractivity contribution in [2.45, 2.75) is 76.8 Å². The first-order chi connectivity index (χ1) is 16.4. The molecule has 0 bridgehead atoms. The topological polar surface area (TPSA) is 83.4 Å². The predicted octanol–water partition coefficient (Wildman–Crippen LogP) is 5.45. The van der Waals surface area contributed by atoms with Gasteiger partial charge in [0.1, 0.15) is 0 Å². The number of hydrogen-bond acceptors (Lipinski definition) is 3. The molecule has 1 saturated carbocycles. The molecule has 3 N–H and O–H groups in total. The van der Waals surface area contributed by atoms with Crippen LogP contribution in [-0.2, 0) is 16.3 Å². The van der Waals surface area contributed by atoms with E-state index >= 15 is 0 Å². The van der Waals surface area contributed by atoms with E-state index < -0.39 is 15.3 Å². The summed E-state index contributed by atoms with van der Waals surface area (Å²) in [5, 5.41) is 13.4. The van der Waals surface area contributed by atoms with Crippen LogP contribution in [0.3, 0.4) is 0 Å². The Hall–Kier alpha value is -1.51. The molecule has 1 atom stereocenters. The lowest BCUT2D eigenvalue weighted by atomic mass is 9.89. The third-order valence-corrected chi connectivity index (χ3v) is 9.31. The van der Waals surface area contributed by atoms with Gasteiger partial charge >= 0.3 is 0 Å². The molecule has 0 saturated heterocycles. The first-order valence-electron chi connectivity index (χ1n) is 12.2. The molecule has 3 rings (SSSR count). The molecule has 1 aromatic heterocycles. The zero-order valence-corrected chi connectivity index (χ0v) is 23.4. The van der Waals surface area contributed by atoms with Gasteiger partial charge in [0, 0.05) is 30.9 Å². The Labute approximate surface area is 219 Å². The number of nitrogens with one attached hydrogen (secondary N) is 2. The summed E-state index contributed by atoms with van der Waals surface area (Å²) < 4.78 is 18.0. The molecule has 9 heteroatoms. The number of aromatic nitrogens is 1. The van der Waals surface area contributed by atoms with Gasteiger partial charge in [0.05, 0.1) is 41.5 Å². The van der Waals surface area contributed by atoms with E-state index in [9.17, 15) is 14.1 Å². The van der Waals surface area contributed by atoms with Gasteiger partial charge in [-0.1, -0.05) is 55.5 Å². The van der Waals surface area contributed by atoms with Crippen molar-refractivity contribution in [3.05, 3.63) is 39.5 Å². The Kier molecular flexibility index (Phi) is 9.03. The minimum atomic E-state index is -2.79. The number of amides is 1. The van der Waals surface area contributed by atoms with Crippen LogP contribution >= 0.6 is 23.2 Å². The third kappa shape index (κ3) is 6.63. The molecule has 2 aromatic rings. The SMILES string of the molecule is C=S(=O)(NCC)c1ccc(-c2cc(C(=O)NCC(C)(C)O)c(C)n2CC2CCCCC2)c(Cl)c1Cl. The van der Waals surface area contributed by atoms with E-state index in [0.717, 1.165) is 30.8 Å². The van der Waals surface area contributed by atoms with Crippen LogP contribution in [-0.4, -0.2) is 44.4 Å². The number of halogens is 2. The van der Waals surface area contributed by atoms with Crippen LogP contribution in [0.2, 0.25) is 10.0 Å². The number of carbonyl (C=O) groups excluding carboxylic acids is 1. The molecule has 1 amide bonds. The van der Waals surface area contributed by atoms with Crippen molar-refractivity contribution in [3.63, 3.8) is 0 Å². The molecule has 6 nitrogen and oxygen atoms in total. The average molecular weight is 543 g/mol. The highest BCUT2D eigenvalue weighted by molar-refractivity contribution is 7.98. The van der Waals surface area contributed by atoms with Crippen molar-refractivity contribution < 1.29 is 14.1 Å². The normalized spacial score (nSPS) is 16.8. The van der Waals surface area contributed by atoms with Crippen LogP contribution in [0.5, 0.6) is 0 Å². The van der Waals surface area contributed by atoms with Gasteiger partial charge in [0.25, 0.3) is 5.91 Å². The van der Waals surface area contributed by atoms with Gasteiger partial charge in [-0.2, -0.15) is 0 Å². The molecule has 1 aromatic carbocycles. The molecule has 1 fully saturated rings. The molecule has 35 heavy (non-hydrogen) atoms. The Balaban J connectivity index is 2.09. The van der Waals surface area contributed by atoms with Crippen molar-refractivity contribution in [1.29, 1.82) is 0 Å². The Morgan fingerprint density at radius 3 is 2.49 bits per heavy atom. The lowest BCUT2D eigenvalue weighted by molar-refractivity contribution is 0.0694. The zero-order valence-electron chi connectivity index (χ0n) is 21.0. The second-order valence-corrected chi connectivity index (χ2v) is 12.9. The fourth-order valence-electron chi connectivity index (χ4n) is 4.65. The number of hydrogen-bond donors (Lipinski definition) is 3. The molecule has 1 aliphatic carbocycles. The Morgan fingerprint density at radius 2 is 1.89 bits per heavy atom. The first-order valence-corrected chi connectivity index (χ1v) is 14.6. The smallest absolute Gasteiger partial charge is 0.253 e. The van der Waals surface area contributed by atoms with Gasteiger partial charge in [-0.05, 0) is 57.5 Å². The summed E-state index contributed by atoms with van der Waals surface area (Å²) in [5.74, 6) is 4.07. The van der Waals surface area contributed by atoms with Gasteiger partial charge in [0.15, 0.2) is 0 Å². The van der Waals surface area contributed by atoms with E-state index in [4.69, 9.17) is 23.2 Å². The Bertz CT molecular complexity index is 1180. The molecule has 1 aliphatic rings. The lowest BCUT2D eigenvalue weighted by Gasteiger charge is -2.25. The fourth-order valence-corrected chi connectivity index (χ4v) is 6.81. The standard InChI is InChI=1S/C26H37Cl2N3O3S/c1-6-30-35(5,34)22-13-12-19(23(27)24(22)28)21-14-20(25(32)29-16-26(3,4)33)17(2)31(21)15-18-10-8-7-9-11-18/h12-14,18,33H,5-11,15-16H2,1-4H3,(H,29,32)(H,30,34). The summed E-state index contributed by atoms with van der Waals surface area (Å²) in [5.41, 5.74) is 1.82. The van der Waals surface area contributed by atoms with Crippen LogP contribution < -0.4 is 10.0 Å². The summed E-state index contributed by atoms with van der Waals surface area (Å²) in [6.45, 7) is 8.47. The maximum Gasteiger partial charge on any atom is 0.253 e. The monoisotopic (exact) mass is 541 g/mol. The molecule has 0 spiro atoms. The molecule has 194 valence electrons. The third-order valence-electron chi connectivity index (χ3n) is 6.51. The second-order valence-electron chi connectivity index (χ2n) is 10.1. The number of aliphatic hydroxyl groups is 1. The van der Waals surface area contributed by atoms with Gasteiger partial charge in [-0.25, -0.2) is 8.93 Å². The van der Waals surface area contributed by atoms with Crippen LogP contribution in [0, 0.1) is 12.8 Å². The number of nitrogens with zero attached hydrogens (tertiary/aromatic N) is 1. The van der Waals surface area contributed by atoms with Crippen molar-refractivity contribution in [2.75, 3.05) is 13.1 Å². The summed E-state index contributed by atoms with van der Waals surface area (Å²) in [4.78, 5) is 13.4. The highest BCUT2D eigenvalue weighted by Crippen LogP contribution is 2.40. The van der Waals surface area contributed by atoms with E-state index in [1.807, 2.05) is 19.9 Å². The van der Waals surface area contributed by atoms with Crippen LogP contribution in [0.25, 0.3) is 11.3 Å². The molecule has 1 unspecified atom stereocenters. The largest absolute Gasteiger partial charge is 0.389 e. The van der Waals surface area contributed by atoms with Gasteiger partial charge in [-0.3, -0.25) is 4.79 Å². The maximum atomic E-state index is 13.1. The predicted molar refractivity (Wildman–Crippen MR) is 147 cm³/mol. The van der Waals surface area contributed by atoms with E-state index in [0.29, 0.717) is 28.5 Å². The number of carbonyl (C=O) groups is 1. The Morgan fingerprint density at radius 1 is 1.23 bits per heavy atom. The highest BCUT2D eigenvalue weighted by Gasteiger charge is 2.26. The highest BCUT2D eigenvalue weighted by atomic mass is 35.5. The van der Waals surface area contributed by atoms with Gasteiger partial charge < -0.3 is 15.0 Å². The number of rotatable bonds is 9. The van der Waals surface area contributed by atoms with E-state index in [2.05, 4.69) is 20.5 Å². The number of benzene rings is 1. The van der Waals surface area contributed by atoms with E-state index in [-0.39, 0.29) is 22.5 Å². The first kappa shape index (κ1) is 28.1. The summed E-state index contributed by atoms with van der Waals surface area (Å²) >= 11 is 13.4. The molecular weight excluding hydrogens is 505 g/mol. The van der Waals surface area contributed by atoms with E-state index in [1.165, 1.54) is 19.3 Å². The zero-order chi connectivity index (χ0) is 26.0. The quantitative estimate of drug-likeness (QED) is 0.369. The van der Waals surface area contributed by atoms with Gasteiger partial charge in [0.2, 0.25) is 0 Å². The second kappa shape index (κ2) is 11.3. The lowest BCUT2D eigenvalue weighted by Crippen LogP contribution is -2.38. The minimum absolute atomic E-state index is 0.137. The molecule has 0 radical (unpaired) electrons. The average Bonchev–Trinajstić information content (AvgIpc) is 3.10. The van der Waals surface area contributed by atoms with Crippen molar-refractivity contribution in [2.24, 2.45) is 5.92 Å². The van der Waals surface area contributed by atoms with E-state index in [1.54, 1.807) is 26.0 Å². The molecule has 1 heterocycles. The van der Waals surface area contributed by atoms with Crippen molar-refractivity contribution in [1.82, 2.24) is 14.6 Å². The fraction of sp³-hybridized carbons (Fsp3) is 0.538. The molecule has 0 aliphatic heterocycles. The summed E-state index contributed by atoms with van der Waals surface area (Å²) in [7, 11) is -2.79. The summed E-state index contributed by atoms with van der Waals surface area (Å²) in [6, 6.07) is 5.33. The van der Waals surface area contributed by atoms with Crippen LogP contribution in [0.1, 0.15) is 68.9 Å². The maximum absolute atomic E-state index is 13.1. The van der Waals surface area contributed by atoms with Crippen LogP contribution in [0.4, 0.5) is 0 Å². The summed E-state index contributed by atoms with van der Waals surface area (Å²) in [6.07, 6.45) is 5.98. The van der Waals surface area contributed by atoms with Crippen molar-refractivity contribution in [3.8, 4) is 11.3 Å². The van der Waals surface area contributed by atoms with Crippen molar-refractivity contribution >= 4 is 44.7 Å². The minimum Gasteiger partial charge on any atom is -0.389 e.